The molecule has 1 amide bonds. The zero-order chi connectivity index (χ0) is 13.8. The highest BCUT2D eigenvalue weighted by atomic mass is 32.2. The molecule has 0 aliphatic rings. The van der Waals surface area contributed by atoms with Gasteiger partial charge >= 0.3 is 5.97 Å². The molecule has 8 heteroatoms. The van der Waals surface area contributed by atoms with Crippen LogP contribution in [-0.4, -0.2) is 30.0 Å². The molecule has 0 fully saturated rings. The van der Waals surface area contributed by atoms with E-state index in [2.05, 4.69) is 5.32 Å². The van der Waals surface area contributed by atoms with Crippen LogP contribution in [0.1, 0.15) is 12.8 Å². The number of nitrogens with one attached hydrogen (secondary N) is 1. The van der Waals surface area contributed by atoms with Crippen molar-refractivity contribution in [2.24, 2.45) is 0 Å². The van der Waals surface area contributed by atoms with E-state index in [1.165, 1.54) is 18.2 Å². The molecule has 0 aromatic heterocycles. The van der Waals surface area contributed by atoms with Crippen LogP contribution in [0.25, 0.3) is 0 Å². The molecule has 0 aliphatic carbocycles. The molecule has 0 saturated carbocycles. The second kappa shape index (κ2) is 5.61. The molecule has 0 radical (unpaired) electrons. The summed E-state index contributed by atoms with van der Waals surface area (Å²) in [6, 6.07) is 5.01. The average Bonchev–Trinajstić information content (AvgIpc) is 2.25. The fraction of sp³-hybridized carbons (Fsp3) is 0.200. The van der Waals surface area contributed by atoms with Gasteiger partial charge in [-0.05, 0) is 18.2 Å². The van der Waals surface area contributed by atoms with Gasteiger partial charge in [-0.15, -0.1) is 0 Å². The number of carboxylic acid groups (broad SMARTS) is 1. The van der Waals surface area contributed by atoms with Crippen molar-refractivity contribution >= 4 is 27.7 Å². The van der Waals surface area contributed by atoms with Gasteiger partial charge in [0.2, 0.25) is 5.91 Å². The van der Waals surface area contributed by atoms with Crippen LogP contribution in [0.15, 0.2) is 29.2 Å². The number of hydrogen-bond acceptors (Lipinski definition) is 4. The van der Waals surface area contributed by atoms with E-state index >= 15 is 0 Å². The van der Waals surface area contributed by atoms with Crippen molar-refractivity contribution in [1.82, 2.24) is 0 Å². The molecule has 0 atom stereocenters. The monoisotopic (exact) mass is 273 g/mol. The first kappa shape index (κ1) is 14.1. The van der Waals surface area contributed by atoms with Crippen LogP contribution in [0, 0.1) is 0 Å². The van der Waals surface area contributed by atoms with E-state index in [0.717, 1.165) is 6.07 Å². The molecular formula is C10H11NO6S. The van der Waals surface area contributed by atoms with Crippen molar-refractivity contribution in [3.8, 4) is 0 Å². The van der Waals surface area contributed by atoms with Gasteiger partial charge in [-0.2, -0.15) is 8.42 Å². The topological polar surface area (TPSA) is 121 Å². The third kappa shape index (κ3) is 4.52. The number of carbonyl (C=O) groups excluding carboxylic acids is 1. The maximum Gasteiger partial charge on any atom is 0.303 e. The molecule has 0 saturated heterocycles. The minimum atomic E-state index is -4.33. The Morgan fingerprint density at radius 1 is 1.22 bits per heavy atom. The SMILES string of the molecule is O=C(O)CCC(=O)Nc1cccc(S(=O)(=O)O)c1. The zero-order valence-electron chi connectivity index (χ0n) is 9.16. The third-order valence-corrected chi connectivity index (χ3v) is 2.83. The minimum absolute atomic E-state index is 0.167. The van der Waals surface area contributed by atoms with Crippen molar-refractivity contribution in [2.45, 2.75) is 17.7 Å². The summed E-state index contributed by atoms with van der Waals surface area (Å²) in [6.45, 7) is 0. The Morgan fingerprint density at radius 2 is 1.89 bits per heavy atom. The van der Waals surface area contributed by atoms with Crippen LogP contribution >= 0.6 is 0 Å². The van der Waals surface area contributed by atoms with Gasteiger partial charge in [-0.1, -0.05) is 6.07 Å². The first-order chi connectivity index (χ1) is 8.29. The van der Waals surface area contributed by atoms with E-state index in [9.17, 15) is 18.0 Å². The second-order valence-electron chi connectivity index (χ2n) is 3.44. The standard InChI is InChI=1S/C10H11NO6S/c12-9(4-5-10(13)14)11-7-2-1-3-8(6-7)18(15,16)17/h1-3,6H,4-5H2,(H,11,12)(H,13,14)(H,15,16,17). The Bertz CT molecular complexity index is 565. The normalized spacial score (nSPS) is 10.9. The molecule has 0 heterocycles. The number of anilines is 1. The first-order valence-corrected chi connectivity index (χ1v) is 6.32. The van der Waals surface area contributed by atoms with Gasteiger partial charge in [0.25, 0.3) is 10.1 Å². The number of amides is 1. The Morgan fingerprint density at radius 3 is 2.44 bits per heavy atom. The Hall–Kier alpha value is -1.93. The van der Waals surface area contributed by atoms with E-state index in [4.69, 9.17) is 9.66 Å². The summed E-state index contributed by atoms with van der Waals surface area (Å²) in [5, 5.41) is 10.7. The highest BCUT2D eigenvalue weighted by molar-refractivity contribution is 7.85. The van der Waals surface area contributed by atoms with Crippen LogP contribution in [0.3, 0.4) is 0 Å². The van der Waals surface area contributed by atoms with Crippen molar-refractivity contribution in [3.63, 3.8) is 0 Å². The highest BCUT2D eigenvalue weighted by Gasteiger charge is 2.11. The summed E-state index contributed by atoms with van der Waals surface area (Å²) in [5.74, 6) is -1.65. The molecule has 0 aliphatic heterocycles. The maximum absolute atomic E-state index is 11.3. The van der Waals surface area contributed by atoms with E-state index in [-0.39, 0.29) is 23.4 Å². The van der Waals surface area contributed by atoms with Gasteiger partial charge in [0, 0.05) is 12.1 Å². The molecule has 1 aromatic carbocycles. The molecule has 7 nitrogen and oxygen atoms in total. The molecule has 1 aromatic rings. The lowest BCUT2D eigenvalue weighted by molar-refractivity contribution is -0.138. The highest BCUT2D eigenvalue weighted by Crippen LogP contribution is 2.15. The van der Waals surface area contributed by atoms with E-state index < -0.39 is 22.0 Å². The number of hydrogen-bond donors (Lipinski definition) is 3. The minimum Gasteiger partial charge on any atom is -0.481 e. The zero-order valence-corrected chi connectivity index (χ0v) is 9.98. The van der Waals surface area contributed by atoms with Crippen molar-refractivity contribution in [2.75, 3.05) is 5.32 Å². The van der Waals surface area contributed by atoms with Gasteiger partial charge < -0.3 is 10.4 Å². The Balaban J connectivity index is 2.74. The molecule has 0 bridgehead atoms. The number of aliphatic carboxylic acids is 1. The number of carboxylic acids is 1. The number of rotatable bonds is 5. The molecule has 1 rings (SSSR count). The fourth-order valence-corrected chi connectivity index (χ4v) is 1.70. The van der Waals surface area contributed by atoms with Crippen molar-refractivity contribution < 1.29 is 27.7 Å². The number of benzene rings is 1. The third-order valence-electron chi connectivity index (χ3n) is 1.98. The predicted octanol–water partition coefficient (Wildman–Crippen LogP) is 0.737. The first-order valence-electron chi connectivity index (χ1n) is 4.88. The quantitative estimate of drug-likeness (QED) is 0.680. The smallest absolute Gasteiger partial charge is 0.303 e. The largest absolute Gasteiger partial charge is 0.481 e. The lowest BCUT2D eigenvalue weighted by Crippen LogP contribution is -2.13. The number of carbonyl (C=O) groups is 2. The van der Waals surface area contributed by atoms with E-state index in [0.29, 0.717) is 0 Å². The summed E-state index contributed by atoms with van der Waals surface area (Å²) in [6.07, 6.45) is -0.532. The van der Waals surface area contributed by atoms with Gasteiger partial charge in [-0.25, -0.2) is 0 Å². The van der Waals surface area contributed by atoms with Gasteiger partial charge in [0.05, 0.1) is 11.3 Å². The van der Waals surface area contributed by atoms with Gasteiger partial charge in [0.1, 0.15) is 0 Å². The van der Waals surface area contributed by atoms with Crippen LogP contribution in [0.5, 0.6) is 0 Å². The van der Waals surface area contributed by atoms with Crippen molar-refractivity contribution in [3.05, 3.63) is 24.3 Å². The van der Waals surface area contributed by atoms with Crippen molar-refractivity contribution in [1.29, 1.82) is 0 Å². The fourth-order valence-electron chi connectivity index (χ4n) is 1.18. The maximum atomic E-state index is 11.3. The van der Waals surface area contributed by atoms with Crippen LogP contribution in [0.4, 0.5) is 5.69 Å². The summed E-state index contributed by atoms with van der Waals surface area (Å²) >= 11 is 0. The van der Waals surface area contributed by atoms with Crippen LogP contribution in [0.2, 0.25) is 0 Å². The second-order valence-corrected chi connectivity index (χ2v) is 4.87. The summed E-state index contributed by atoms with van der Waals surface area (Å²) in [7, 11) is -4.33. The molecular weight excluding hydrogens is 262 g/mol. The van der Waals surface area contributed by atoms with Gasteiger partial charge in [0.15, 0.2) is 0 Å². The summed E-state index contributed by atoms with van der Waals surface area (Å²) in [4.78, 5) is 21.2. The van der Waals surface area contributed by atoms with Crippen LogP contribution in [-0.2, 0) is 19.7 Å². The van der Waals surface area contributed by atoms with E-state index in [1.807, 2.05) is 0 Å². The lowest BCUT2D eigenvalue weighted by atomic mass is 10.2. The molecule has 0 spiro atoms. The Kier molecular flexibility index (Phi) is 4.40. The molecule has 0 unspecified atom stereocenters. The average molecular weight is 273 g/mol. The van der Waals surface area contributed by atoms with Crippen LogP contribution < -0.4 is 5.32 Å². The molecule has 18 heavy (non-hydrogen) atoms. The summed E-state index contributed by atoms with van der Waals surface area (Å²) in [5.41, 5.74) is 0.167. The Labute approximate surface area is 103 Å². The molecule has 98 valence electrons. The summed E-state index contributed by atoms with van der Waals surface area (Å²) < 4.78 is 30.5. The lowest BCUT2D eigenvalue weighted by Gasteiger charge is -2.05. The van der Waals surface area contributed by atoms with E-state index in [1.54, 1.807) is 0 Å². The van der Waals surface area contributed by atoms with Gasteiger partial charge in [-0.3, -0.25) is 14.1 Å². The molecule has 3 N–H and O–H groups in total. The predicted molar refractivity (Wildman–Crippen MR) is 61.8 cm³/mol.